The topological polar surface area (TPSA) is 71.2 Å². The molecule has 1 aliphatic carbocycles. The maximum absolute atomic E-state index is 12.4. The van der Waals surface area contributed by atoms with Crippen molar-refractivity contribution in [1.82, 2.24) is 19.9 Å². The Kier molecular flexibility index (Phi) is 3.70. The van der Waals surface area contributed by atoms with Crippen molar-refractivity contribution in [3.63, 3.8) is 0 Å². The van der Waals surface area contributed by atoms with E-state index in [2.05, 4.69) is 10.3 Å². The fourth-order valence-corrected chi connectivity index (χ4v) is 2.35. The number of aryl methyl sites for hydroxylation is 1. The third-order valence-electron chi connectivity index (χ3n) is 3.57. The molecule has 0 atom stereocenters. The summed E-state index contributed by atoms with van der Waals surface area (Å²) in [4.78, 5) is 14.1. The zero-order valence-electron chi connectivity index (χ0n) is 11.9. The van der Waals surface area contributed by atoms with Gasteiger partial charge in [-0.25, -0.2) is 4.68 Å². The van der Waals surface area contributed by atoms with Gasteiger partial charge in [-0.2, -0.15) is 0 Å². The first kappa shape index (κ1) is 13.8. The van der Waals surface area contributed by atoms with Crippen LogP contribution in [0.4, 0.5) is 0 Å². The Morgan fingerprint density at radius 3 is 2.95 bits per heavy atom. The number of benzene rings is 1. The van der Waals surface area contributed by atoms with Crippen molar-refractivity contribution in [2.75, 3.05) is 13.2 Å². The molecule has 0 bridgehead atoms. The molecule has 0 spiro atoms. The Hall–Kier alpha value is -2.21. The minimum absolute atomic E-state index is 0.0335. The second-order valence-electron chi connectivity index (χ2n) is 5.34. The Balaban J connectivity index is 1.82. The number of aromatic nitrogens is 3. The van der Waals surface area contributed by atoms with Crippen LogP contribution in [0.2, 0.25) is 0 Å². The number of hydrogen-bond donors (Lipinski definition) is 1. The van der Waals surface area contributed by atoms with Crippen molar-refractivity contribution in [2.24, 2.45) is 0 Å². The highest BCUT2D eigenvalue weighted by Gasteiger charge is 2.33. The summed E-state index contributed by atoms with van der Waals surface area (Å²) >= 11 is 0. The number of amides is 1. The Morgan fingerprint density at radius 1 is 1.48 bits per heavy atom. The molecule has 1 N–H and O–H groups in total. The molecule has 110 valence electrons. The van der Waals surface area contributed by atoms with E-state index in [0.717, 1.165) is 24.1 Å². The Bertz CT molecular complexity index is 649. The van der Waals surface area contributed by atoms with Gasteiger partial charge in [0.1, 0.15) is 0 Å². The van der Waals surface area contributed by atoms with E-state index in [1.165, 1.54) is 0 Å². The van der Waals surface area contributed by atoms with E-state index in [-0.39, 0.29) is 18.6 Å². The molecule has 6 heteroatoms. The van der Waals surface area contributed by atoms with Crippen LogP contribution in [-0.4, -0.2) is 50.1 Å². The van der Waals surface area contributed by atoms with Crippen LogP contribution in [0.1, 0.15) is 28.9 Å². The van der Waals surface area contributed by atoms with Crippen LogP contribution in [0.5, 0.6) is 0 Å². The lowest BCUT2D eigenvalue weighted by atomic mass is 10.2. The van der Waals surface area contributed by atoms with Crippen LogP contribution >= 0.6 is 0 Å². The number of nitrogens with zero attached hydrogens (tertiary/aromatic N) is 4. The summed E-state index contributed by atoms with van der Waals surface area (Å²) in [6.45, 7) is 2.32. The van der Waals surface area contributed by atoms with Crippen molar-refractivity contribution in [3.05, 3.63) is 41.7 Å². The van der Waals surface area contributed by atoms with Gasteiger partial charge < -0.3 is 10.0 Å². The average Bonchev–Trinajstić information content (AvgIpc) is 3.20. The first-order valence-corrected chi connectivity index (χ1v) is 7.10. The third kappa shape index (κ3) is 2.95. The first-order chi connectivity index (χ1) is 10.2. The van der Waals surface area contributed by atoms with Crippen LogP contribution in [0.15, 0.2) is 30.5 Å². The van der Waals surface area contributed by atoms with E-state index in [4.69, 9.17) is 5.11 Å². The second kappa shape index (κ2) is 5.65. The van der Waals surface area contributed by atoms with E-state index >= 15 is 0 Å². The van der Waals surface area contributed by atoms with Crippen LogP contribution in [-0.2, 0) is 0 Å². The summed E-state index contributed by atoms with van der Waals surface area (Å²) in [5, 5.41) is 17.1. The summed E-state index contributed by atoms with van der Waals surface area (Å²) in [5.41, 5.74) is 2.31. The zero-order chi connectivity index (χ0) is 14.8. The normalized spacial score (nSPS) is 14.2. The highest BCUT2D eigenvalue weighted by molar-refractivity contribution is 5.92. The van der Waals surface area contributed by atoms with Gasteiger partial charge in [-0.3, -0.25) is 4.79 Å². The number of aliphatic hydroxyl groups excluding tert-OH is 1. The molecule has 0 radical (unpaired) electrons. The van der Waals surface area contributed by atoms with E-state index in [9.17, 15) is 4.79 Å². The highest BCUT2D eigenvalue weighted by atomic mass is 16.3. The van der Waals surface area contributed by atoms with Gasteiger partial charge in [-0.15, -0.1) is 5.10 Å². The quantitative estimate of drug-likeness (QED) is 0.895. The fraction of sp³-hybridized carbons (Fsp3) is 0.400. The zero-order valence-corrected chi connectivity index (χ0v) is 11.9. The van der Waals surface area contributed by atoms with Crippen molar-refractivity contribution in [2.45, 2.75) is 25.8 Å². The smallest absolute Gasteiger partial charge is 0.276 e. The molecule has 0 saturated heterocycles. The summed E-state index contributed by atoms with van der Waals surface area (Å²) < 4.78 is 1.60. The van der Waals surface area contributed by atoms with E-state index in [1.807, 2.05) is 31.2 Å². The molecular formula is C15H18N4O2. The summed E-state index contributed by atoms with van der Waals surface area (Å²) in [5.74, 6) is -0.162. The molecule has 3 rings (SSSR count). The SMILES string of the molecule is Cc1cccc(-n2cc(C(=O)N(CCO)C3CC3)nn2)c1. The monoisotopic (exact) mass is 286 g/mol. The molecule has 0 aliphatic heterocycles. The van der Waals surface area contributed by atoms with Gasteiger partial charge in [0.2, 0.25) is 0 Å². The molecule has 1 aromatic carbocycles. The maximum Gasteiger partial charge on any atom is 0.276 e. The average molecular weight is 286 g/mol. The molecule has 6 nitrogen and oxygen atoms in total. The summed E-state index contributed by atoms with van der Waals surface area (Å²) in [6.07, 6.45) is 3.64. The van der Waals surface area contributed by atoms with E-state index < -0.39 is 0 Å². The lowest BCUT2D eigenvalue weighted by Gasteiger charge is -2.19. The lowest BCUT2D eigenvalue weighted by Crippen LogP contribution is -2.35. The number of carbonyl (C=O) groups excluding carboxylic acids is 1. The first-order valence-electron chi connectivity index (χ1n) is 7.10. The van der Waals surface area contributed by atoms with Crippen molar-refractivity contribution >= 4 is 5.91 Å². The van der Waals surface area contributed by atoms with Crippen molar-refractivity contribution < 1.29 is 9.90 Å². The molecule has 1 heterocycles. The number of carbonyl (C=O) groups is 1. The van der Waals surface area contributed by atoms with Crippen molar-refractivity contribution in [1.29, 1.82) is 0 Å². The standard InChI is InChI=1S/C15H18N4O2/c1-11-3-2-4-13(9-11)19-10-14(16-17-19)15(21)18(7-8-20)12-5-6-12/h2-4,9-10,12,20H,5-8H2,1H3. The summed E-state index contributed by atoms with van der Waals surface area (Å²) in [7, 11) is 0. The highest BCUT2D eigenvalue weighted by Crippen LogP contribution is 2.27. The Labute approximate surface area is 123 Å². The molecule has 1 aliphatic rings. The van der Waals surface area contributed by atoms with E-state index in [0.29, 0.717) is 12.2 Å². The van der Waals surface area contributed by atoms with Gasteiger partial charge in [-0.05, 0) is 37.5 Å². The van der Waals surface area contributed by atoms with Crippen LogP contribution in [0.3, 0.4) is 0 Å². The van der Waals surface area contributed by atoms with Crippen molar-refractivity contribution in [3.8, 4) is 5.69 Å². The van der Waals surface area contributed by atoms with Gasteiger partial charge in [-0.1, -0.05) is 17.3 Å². The molecule has 1 aromatic heterocycles. The molecule has 1 fully saturated rings. The number of rotatable bonds is 5. The molecule has 2 aromatic rings. The van der Waals surface area contributed by atoms with Gasteiger partial charge in [0.05, 0.1) is 18.5 Å². The fourth-order valence-electron chi connectivity index (χ4n) is 2.35. The van der Waals surface area contributed by atoms with E-state index in [1.54, 1.807) is 15.8 Å². The molecular weight excluding hydrogens is 268 g/mol. The lowest BCUT2D eigenvalue weighted by molar-refractivity contribution is 0.0701. The summed E-state index contributed by atoms with van der Waals surface area (Å²) in [6, 6.07) is 8.09. The number of aliphatic hydroxyl groups is 1. The van der Waals surface area contributed by atoms with Crippen LogP contribution < -0.4 is 0 Å². The van der Waals surface area contributed by atoms with Gasteiger partial charge in [0.15, 0.2) is 5.69 Å². The van der Waals surface area contributed by atoms with Crippen LogP contribution in [0, 0.1) is 6.92 Å². The molecule has 1 saturated carbocycles. The second-order valence-corrected chi connectivity index (χ2v) is 5.34. The molecule has 0 unspecified atom stereocenters. The minimum atomic E-state index is -0.162. The van der Waals surface area contributed by atoms with Crippen LogP contribution in [0.25, 0.3) is 5.69 Å². The maximum atomic E-state index is 12.4. The predicted octanol–water partition coefficient (Wildman–Crippen LogP) is 1.17. The van der Waals surface area contributed by atoms with Gasteiger partial charge in [0.25, 0.3) is 5.91 Å². The number of hydrogen-bond acceptors (Lipinski definition) is 4. The third-order valence-corrected chi connectivity index (χ3v) is 3.57. The minimum Gasteiger partial charge on any atom is -0.395 e. The molecule has 21 heavy (non-hydrogen) atoms. The molecule has 1 amide bonds. The Morgan fingerprint density at radius 2 is 2.29 bits per heavy atom. The largest absolute Gasteiger partial charge is 0.395 e. The predicted molar refractivity (Wildman–Crippen MR) is 77.2 cm³/mol. The van der Waals surface area contributed by atoms with Gasteiger partial charge in [0, 0.05) is 12.6 Å². The van der Waals surface area contributed by atoms with Gasteiger partial charge >= 0.3 is 0 Å².